The van der Waals surface area contributed by atoms with Crippen molar-refractivity contribution in [3.05, 3.63) is 71.4 Å². The fourth-order valence-corrected chi connectivity index (χ4v) is 3.58. The predicted molar refractivity (Wildman–Crippen MR) is 105 cm³/mol. The summed E-state index contributed by atoms with van der Waals surface area (Å²) < 4.78 is 27.1. The van der Waals surface area contributed by atoms with Crippen LogP contribution in [-0.2, 0) is 6.54 Å². The van der Waals surface area contributed by atoms with E-state index in [9.17, 15) is 13.6 Å². The van der Waals surface area contributed by atoms with Crippen LogP contribution in [0.3, 0.4) is 0 Å². The van der Waals surface area contributed by atoms with Crippen LogP contribution in [0.4, 0.5) is 14.5 Å². The predicted octanol–water partition coefficient (Wildman–Crippen LogP) is 4.75. The number of anilines is 1. The average Bonchev–Trinajstić information content (AvgIpc) is 2.73. The number of nitrogens with zero attached hydrogens (tertiary/aromatic N) is 2. The molecule has 1 aliphatic heterocycles. The Kier molecular flexibility index (Phi) is 5.19. The Morgan fingerprint density at radius 3 is 2.46 bits per heavy atom. The molecule has 0 aliphatic carbocycles. The molecule has 6 heteroatoms. The SMILES string of the molecule is O=C(c1cnc2ccc(F)cc2c1NCc1ccc(F)cc1)N1CCCCC1. The highest BCUT2D eigenvalue weighted by Crippen LogP contribution is 2.29. The number of fused-ring (bicyclic) bond motifs is 1. The first-order chi connectivity index (χ1) is 13.6. The quantitative estimate of drug-likeness (QED) is 0.709. The first-order valence-corrected chi connectivity index (χ1v) is 9.48. The maximum Gasteiger partial charge on any atom is 0.257 e. The van der Waals surface area contributed by atoms with Crippen LogP contribution in [-0.4, -0.2) is 28.9 Å². The molecule has 2 aromatic carbocycles. The van der Waals surface area contributed by atoms with Gasteiger partial charge in [0.25, 0.3) is 5.91 Å². The van der Waals surface area contributed by atoms with Gasteiger partial charge in [-0.2, -0.15) is 0 Å². The number of halogens is 2. The average molecular weight is 381 g/mol. The summed E-state index contributed by atoms with van der Waals surface area (Å²) in [5.41, 5.74) is 2.46. The minimum atomic E-state index is -0.387. The second-order valence-corrected chi connectivity index (χ2v) is 7.04. The van der Waals surface area contributed by atoms with Crippen molar-refractivity contribution < 1.29 is 13.6 Å². The van der Waals surface area contributed by atoms with E-state index in [-0.39, 0.29) is 17.5 Å². The van der Waals surface area contributed by atoms with Gasteiger partial charge in [0.1, 0.15) is 11.6 Å². The van der Waals surface area contributed by atoms with Gasteiger partial charge in [0, 0.05) is 31.2 Å². The van der Waals surface area contributed by atoms with E-state index < -0.39 is 0 Å². The number of amides is 1. The Morgan fingerprint density at radius 1 is 1.00 bits per heavy atom. The van der Waals surface area contributed by atoms with Crippen molar-refractivity contribution in [2.45, 2.75) is 25.8 Å². The van der Waals surface area contributed by atoms with Crippen LogP contribution < -0.4 is 5.32 Å². The zero-order valence-corrected chi connectivity index (χ0v) is 15.4. The molecule has 1 aliphatic rings. The first kappa shape index (κ1) is 18.3. The lowest BCUT2D eigenvalue weighted by Crippen LogP contribution is -2.36. The van der Waals surface area contributed by atoms with Crippen molar-refractivity contribution in [2.75, 3.05) is 18.4 Å². The number of hydrogen-bond donors (Lipinski definition) is 1. The van der Waals surface area contributed by atoms with Crippen molar-refractivity contribution in [1.29, 1.82) is 0 Å². The Hall–Kier alpha value is -3.02. The molecule has 1 fully saturated rings. The summed E-state index contributed by atoms with van der Waals surface area (Å²) >= 11 is 0. The lowest BCUT2D eigenvalue weighted by Gasteiger charge is -2.27. The molecule has 0 unspecified atom stereocenters. The van der Waals surface area contributed by atoms with Crippen LogP contribution in [0.5, 0.6) is 0 Å². The fraction of sp³-hybridized carbons (Fsp3) is 0.273. The van der Waals surface area contributed by atoms with Crippen LogP contribution in [0, 0.1) is 11.6 Å². The van der Waals surface area contributed by atoms with Gasteiger partial charge in [-0.05, 0) is 55.2 Å². The largest absolute Gasteiger partial charge is 0.380 e. The van der Waals surface area contributed by atoms with Gasteiger partial charge >= 0.3 is 0 Å². The van der Waals surface area contributed by atoms with Gasteiger partial charge in [0.05, 0.1) is 16.8 Å². The van der Waals surface area contributed by atoms with E-state index in [1.54, 1.807) is 24.4 Å². The van der Waals surface area contributed by atoms with Gasteiger partial charge < -0.3 is 10.2 Å². The molecule has 0 saturated carbocycles. The number of pyridine rings is 1. The van der Waals surface area contributed by atoms with Gasteiger partial charge in [-0.25, -0.2) is 8.78 Å². The topological polar surface area (TPSA) is 45.2 Å². The number of nitrogens with one attached hydrogen (secondary N) is 1. The molecule has 2 heterocycles. The van der Waals surface area contributed by atoms with Crippen molar-refractivity contribution >= 4 is 22.5 Å². The standard InChI is InChI=1S/C22H21F2N3O/c23-16-6-4-15(5-7-16)13-26-21-18-12-17(24)8-9-20(18)25-14-19(21)22(28)27-10-2-1-3-11-27/h4-9,12,14H,1-3,10-11,13H2,(H,25,26). The van der Waals surface area contributed by atoms with Crippen molar-refractivity contribution in [3.8, 4) is 0 Å². The first-order valence-electron chi connectivity index (χ1n) is 9.48. The summed E-state index contributed by atoms with van der Waals surface area (Å²) in [6.07, 6.45) is 4.66. The minimum Gasteiger partial charge on any atom is -0.380 e. The highest BCUT2D eigenvalue weighted by atomic mass is 19.1. The third kappa shape index (κ3) is 3.81. The smallest absolute Gasteiger partial charge is 0.257 e. The molecular formula is C22H21F2N3O. The van der Waals surface area contributed by atoms with Crippen LogP contribution in [0.2, 0.25) is 0 Å². The second-order valence-electron chi connectivity index (χ2n) is 7.04. The molecule has 0 bridgehead atoms. The van der Waals surface area contributed by atoms with Crippen molar-refractivity contribution in [2.24, 2.45) is 0 Å². The van der Waals surface area contributed by atoms with Gasteiger partial charge in [-0.1, -0.05) is 12.1 Å². The molecule has 4 rings (SSSR count). The van der Waals surface area contributed by atoms with E-state index in [4.69, 9.17) is 0 Å². The van der Waals surface area contributed by atoms with Crippen molar-refractivity contribution in [1.82, 2.24) is 9.88 Å². The minimum absolute atomic E-state index is 0.0973. The maximum atomic E-state index is 13.9. The van der Waals surface area contributed by atoms with Crippen LogP contribution in [0.25, 0.3) is 10.9 Å². The molecule has 0 spiro atoms. The lowest BCUT2D eigenvalue weighted by atomic mass is 10.1. The monoisotopic (exact) mass is 381 g/mol. The van der Waals surface area contributed by atoms with Crippen LogP contribution in [0.15, 0.2) is 48.7 Å². The van der Waals surface area contributed by atoms with E-state index in [1.165, 1.54) is 24.3 Å². The Bertz CT molecular complexity index is 999. The molecule has 1 saturated heterocycles. The molecule has 1 amide bonds. The van der Waals surface area contributed by atoms with Crippen LogP contribution >= 0.6 is 0 Å². The molecule has 0 atom stereocenters. The normalized spacial score (nSPS) is 14.3. The number of carbonyl (C=O) groups is 1. The molecule has 28 heavy (non-hydrogen) atoms. The molecule has 0 radical (unpaired) electrons. The lowest BCUT2D eigenvalue weighted by molar-refractivity contribution is 0.0725. The molecule has 144 valence electrons. The molecular weight excluding hydrogens is 360 g/mol. The number of piperidine rings is 1. The Balaban J connectivity index is 1.72. The van der Waals surface area contributed by atoms with E-state index in [1.807, 2.05) is 4.90 Å². The zero-order valence-electron chi connectivity index (χ0n) is 15.4. The van der Waals surface area contributed by atoms with Gasteiger partial charge in [0.15, 0.2) is 0 Å². The van der Waals surface area contributed by atoms with Gasteiger partial charge in [0.2, 0.25) is 0 Å². The third-order valence-corrected chi connectivity index (χ3v) is 5.09. The highest BCUT2D eigenvalue weighted by Gasteiger charge is 2.23. The molecule has 3 aromatic rings. The fourth-order valence-electron chi connectivity index (χ4n) is 3.58. The molecule has 1 N–H and O–H groups in total. The number of rotatable bonds is 4. The summed E-state index contributed by atoms with van der Waals surface area (Å²) in [5.74, 6) is -0.789. The summed E-state index contributed by atoms with van der Waals surface area (Å²) in [4.78, 5) is 19.3. The zero-order chi connectivity index (χ0) is 19.5. The van der Waals surface area contributed by atoms with Crippen LogP contribution in [0.1, 0.15) is 35.2 Å². The van der Waals surface area contributed by atoms with Crippen molar-refractivity contribution in [3.63, 3.8) is 0 Å². The number of aromatic nitrogens is 1. The van der Waals surface area contributed by atoms with E-state index >= 15 is 0 Å². The summed E-state index contributed by atoms with van der Waals surface area (Å²) in [6, 6.07) is 10.5. The summed E-state index contributed by atoms with van der Waals surface area (Å²) in [6.45, 7) is 1.82. The summed E-state index contributed by atoms with van der Waals surface area (Å²) in [5, 5.41) is 3.82. The Labute approximate surface area is 162 Å². The summed E-state index contributed by atoms with van der Waals surface area (Å²) in [7, 11) is 0. The molecule has 4 nitrogen and oxygen atoms in total. The molecule has 1 aromatic heterocycles. The highest BCUT2D eigenvalue weighted by molar-refractivity contribution is 6.07. The number of likely N-dealkylation sites (tertiary alicyclic amines) is 1. The van der Waals surface area contributed by atoms with E-state index in [0.717, 1.165) is 37.9 Å². The van der Waals surface area contributed by atoms with E-state index in [0.29, 0.717) is 28.7 Å². The van der Waals surface area contributed by atoms with Gasteiger partial charge in [-0.3, -0.25) is 9.78 Å². The number of hydrogen-bond acceptors (Lipinski definition) is 3. The van der Waals surface area contributed by atoms with E-state index in [2.05, 4.69) is 10.3 Å². The Morgan fingerprint density at radius 2 is 1.71 bits per heavy atom. The number of benzene rings is 2. The third-order valence-electron chi connectivity index (χ3n) is 5.09. The number of carbonyl (C=O) groups excluding carboxylic acids is 1. The second kappa shape index (κ2) is 7.92. The van der Waals surface area contributed by atoms with Gasteiger partial charge in [-0.15, -0.1) is 0 Å². The maximum absolute atomic E-state index is 13.9.